The zero-order chi connectivity index (χ0) is 9.47. The van der Waals surface area contributed by atoms with Gasteiger partial charge < -0.3 is 0 Å². The van der Waals surface area contributed by atoms with Gasteiger partial charge in [0.15, 0.2) is 0 Å². The summed E-state index contributed by atoms with van der Waals surface area (Å²) < 4.78 is 23.0. The molecule has 0 bridgehead atoms. The fraction of sp³-hybridized carbons (Fsp3) is 0.111. The molecule has 0 fully saturated rings. The summed E-state index contributed by atoms with van der Waals surface area (Å²) in [6, 6.07) is 6.99. The Labute approximate surface area is 82.6 Å². The molecule has 0 aliphatic carbocycles. The van der Waals surface area contributed by atoms with Crippen molar-refractivity contribution in [2.45, 2.75) is 4.90 Å². The smallest absolute Gasteiger partial charge is 0.200 e. The maximum atomic E-state index is 11.5. The molecule has 4 heteroatoms. The minimum atomic E-state index is -3.18. The summed E-state index contributed by atoms with van der Waals surface area (Å²) in [5, 5.41) is 1.30. The maximum absolute atomic E-state index is 11.5. The molecular formula is C9H8O2S2. The summed E-state index contributed by atoms with van der Waals surface area (Å²) in [6.45, 7) is 0. The predicted molar refractivity (Wildman–Crippen MR) is 55.5 cm³/mol. The van der Waals surface area contributed by atoms with Gasteiger partial charge in [0.1, 0.15) is 0 Å². The van der Waals surface area contributed by atoms with Crippen LogP contribution in [-0.2, 0) is 9.84 Å². The maximum Gasteiger partial charge on any atom is 0.200 e. The van der Waals surface area contributed by atoms with Gasteiger partial charge >= 0.3 is 0 Å². The summed E-state index contributed by atoms with van der Waals surface area (Å²) in [7, 11) is -3.18. The Balaban J connectivity index is 2.76. The van der Waals surface area contributed by atoms with Gasteiger partial charge in [0.05, 0.1) is 4.90 Å². The molecule has 2 nitrogen and oxygen atoms in total. The molecule has 1 heterocycles. The van der Waals surface area contributed by atoms with Crippen LogP contribution in [-0.4, -0.2) is 14.2 Å². The van der Waals surface area contributed by atoms with E-state index in [-0.39, 0.29) is 0 Å². The van der Waals surface area contributed by atoms with E-state index in [1.165, 1.54) is 5.41 Å². The van der Waals surface area contributed by atoms with Gasteiger partial charge in [-0.3, -0.25) is 0 Å². The van der Waals surface area contributed by atoms with Crippen molar-refractivity contribution in [3.8, 4) is 0 Å². The van der Waals surface area contributed by atoms with E-state index >= 15 is 0 Å². The lowest BCUT2D eigenvalue weighted by Gasteiger charge is -1.98. The van der Waals surface area contributed by atoms with Crippen molar-refractivity contribution in [2.75, 3.05) is 5.75 Å². The molecule has 2 rings (SSSR count). The lowest BCUT2D eigenvalue weighted by atomic mass is 10.1. The third kappa shape index (κ3) is 1.30. The van der Waals surface area contributed by atoms with Gasteiger partial charge in [-0.15, -0.1) is 0 Å². The number of sulfone groups is 1. The van der Waals surface area contributed by atoms with Gasteiger partial charge in [-0.1, -0.05) is 18.2 Å². The molecule has 0 atom stereocenters. The van der Waals surface area contributed by atoms with Crippen LogP contribution >= 0.6 is 12.6 Å². The Bertz CT molecular complexity index is 472. The summed E-state index contributed by atoms with van der Waals surface area (Å²) in [4.78, 5) is 0.402. The van der Waals surface area contributed by atoms with Gasteiger partial charge in [0.2, 0.25) is 9.84 Å². The first-order valence-corrected chi connectivity index (χ1v) is 5.99. The number of hydrogen-bond donors (Lipinski definition) is 1. The van der Waals surface area contributed by atoms with Crippen LogP contribution in [0.2, 0.25) is 0 Å². The van der Waals surface area contributed by atoms with E-state index in [2.05, 4.69) is 12.6 Å². The van der Waals surface area contributed by atoms with Crippen molar-refractivity contribution < 1.29 is 8.42 Å². The standard InChI is InChI=1S/C9H8O2S2/c10-13(11)6-7(5-12)8-3-1-2-4-9(8)13/h1-4,6,12H,5H2. The van der Waals surface area contributed by atoms with E-state index < -0.39 is 9.84 Å². The zero-order valence-corrected chi connectivity index (χ0v) is 8.48. The quantitative estimate of drug-likeness (QED) is 0.720. The number of benzene rings is 1. The summed E-state index contributed by atoms with van der Waals surface area (Å²) in [5.74, 6) is 0.455. The highest BCUT2D eigenvalue weighted by atomic mass is 32.2. The van der Waals surface area contributed by atoms with Crippen molar-refractivity contribution in [1.29, 1.82) is 0 Å². The van der Waals surface area contributed by atoms with Crippen molar-refractivity contribution in [3.63, 3.8) is 0 Å². The van der Waals surface area contributed by atoms with Crippen LogP contribution in [0.15, 0.2) is 34.6 Å². The fourth-order valence-electron chi connectivity index (χ4n) is 1.42. The Morgan fingerprint density at radius 2 is 1.92 bits per heavy atom. The first-order chi connectivity index (χ1) is 6.15. The molecule has 1 aliphatic heterocycles. The SMILES string of the molecule is O=S1(=O)C=C(CS)c2ccccc21. The second kappa shape index (κ2) is 2.89. The van der Waals surface area contributed by atoms with E-state index in [9.17, 15) is 8.42 Å². The third-order valence-electron chi connectivity index (χ3n) is 2.01. The molecule has 1 aliphatic rings. The normalized spacial score (nSPS) is 18.1. The van der Waals surface area contributed by atoms with Gasteiger partial charge in [-0.2, -0.15) is 12.6 Å². The molecule has 13 heavy (non-hydrogen) atoms. The average Bonchev–Trinajstić information content (AvgIpc) is 2.39. The van der Waals surface area contributed by atoms with Crippen LogP contribution in [0.4, 0.5) is 0 Å². The third-order valence-corrected chi connectivity index (χ3v) is 3.91. The molecule has 0 saturated carbocycles. The Hall–Kier alpha value is -0.740. The highest BCUT2D eigenvalue weighted by molar-refractivity contribution is 7.95. The fourth-order valence-corrected chi connectivity index (χ4v) is 3.29. The lowest BCUT2D eigenvalue weighted by Crippen LogP contribution is -1.91. The second-order valence-corrected chi connectivity index (χ2v) is 4.92. The van der Waals surface area contributed by atoms with E-state index in [1.807, 2.05) is 12.1 Å². The van der Waals surface area contributed by atoms with Crippen LogP contribution < -0.4 is 0 Å². The van der Waals surface area contributed by atoms with Crippen molar-refractivity contribution >= 4 is 28.0 Å². The van der Waals surface area contributed by atoms with Crippen LogP contribution in [0.3, 0.4) is 0 Å². The molecule has 0 amide bonds. The van der Waals surface area contributed by atoms with Crippen LogP contribution in [0.25, 0.3) is 5.57 Å². The highest BCUT2D eigenvalue weighted by Gasteiger charge is 2.24. The van der Waals surface area contributed by atoms with Gasteiger partial charge in [0.25, 0.3) is 0 Å². The van der Waals surface area contributed by atoms with Crippen LogP contribution in [0.1, 0.15) is 5.56 Å². The molecular weight excluding hydrogens is 204 g/mol. The molecule has 0 saturated heterocycles. The summed E-state index contributed by atoms with van der Waals surface area (Å²) in [5.41, 5.74) is 1.57. The molecule has 1 aromatic carbocycles. The Kier molecular flexibility index (Phi) is 1.96. The number of rotatable bonds is 1. The second-order valence-electron chi connectivity index (χ2n) is 2.84. The van der Waals surface area contributed by atoms with Crippen molar-refractivity contribution in [1.82, 2.24) is 0 Å². The molecule has 1 aromatic rings. The first-order valence-electron chi connectivity index (χ1n) is 3.81. The van der Waals surface area contributed by atoms with E-state index in [0.717, 1.165) is 11.1 Å². The van der Waals surface area contributed by atoms with Crippen LogP contribution in [0, 0.1) is 0 Å². The topological polar surface area (TPSA) is 34.1 Å². The Morgan fingerprint density at radius 1 is 1.23 bits per heavy atom. The van der Waals surface area contributed by atoms with Crippen molar-refractivity contribution in [2.24, 2.45) is 0 Å². The summed E-state index contributed by atoms with van der Waals surface area (Å²) >= 11 is 4.09. The van der Waals surface area contributed by atoms with Crippen molar-refractivity contribution in [3.05, 3.63) is 35.2 Å². The summed E-state index contributed by atoms with van der Waals surface area (Å²) in [6.07, 6.45) is 0. The molecule has 0 unspecified atom stereocenters. The first kappa shape index (κ1) is 8.84. The van der Waals surface area contributed by atoms with Crippen LogP contribution in [0.5, 0.6) is 0 Å². The van der Waals surface area contributed by atoms with E-state index in [0.29, 0.717) is 10.6 Å². The number of thiol groups is 1. The average molecular weight is 212 g/mol. The minimum Gasteiger partial charge on any atom is -0.219 e. The van der Waals surface area contributed by atoms with Gasteiger partial charge in [0, 0.05) is 11.2 Å². The van der Waals surface area contributed by atoms with E-state index in [4.69, 9.17) is 0 Å². The van der Waals surface area contributed by atoms with Gasteiger partial charge in [-0.25, -0.2) is 8.42 Å². The predicted octanol–water partition coefficient (Wildman–Crippen LogP) is 1.74. The number of hydrogen-bond acceptors (Lipinski definition) is 3. The molecule has 0 N–H and O–H groups in total. The molecule has 0 radical (unpaired) electrons. The Morgan fingerprint density at radius 3 is 2.62 bits per heavy atom. The lowest BCUT2D eigenvalue weighted by molar-refractivity contribution is 0.605. The largest absolute Gasteiger partial charge is 0.219 e. The molecule has 68 valence electrons. The van der Waals surface area contributed by atoms with Gasteiger partial charge in [-0.05, 0) is 17.2 Å². The minimum absolute atomic E-state index is 0.402. The molecule has 0 spiro atoms. The monoisotopic (exact) mass is 212 g/mol. The number of fused-ring (bicyclic) bond motifs is 1. The highest BCUT2D eigenvalue weighted by Crippen LogP contribution is 2.33. The molecule has 0 aromatic heterocycles. The van der Waals surface area contributed by atoms with E-state index in [1.54, 1.807) is 12.1 Å². The zero-order valence-electron chi connectivity index (χ0n) is 6.77.